The van der Waals surface area contributed by atoms with Gasteiger partial charge < -0.3 is 35.5 Å². The van der Waals surface area contributed by atoms with Gasteiger partial charge in [0.1, 0.15) is 12.2 Å². The monoisotopic (exact) mass is 517 g/mol. The Morgan fingerprint density at radius 1 is 0.917 bits per heavy atom. The minimum Gasteiger partial charge on any atom is -0.479 e. The van der Waals surface area contributed by atoms with Crippen LogP contribution in [-0.4, -0.2) is 122 Å². The van der Waals surface area contributed by atoms with E-state index in [1.54, 1.807) is 13.8 Å². The first-order valence-electron chi connectivity index (χ1n) is 11.4. The number of nitrogens with one attached hydrogen (secondary N) is 1. The molecule has 2 amide bonds. The SMILES string of the molecule is CC[C@H](C)[C@H](NC)C(=O)C(C(=O)[C@](C)(C(=O)[C@](C)(O)C(=O)O)N(C)C(=O)[C@@H](C)O)N(C)C(=O)[C@@H](C)O. The highest BCUT2D eigenvalue weighted by molar-refractivity contribution is 6.27. The number of aliphatic hydroxyl groups is 3. The Morgan fingerprint density at radius 2 is 1.36 bits per heavy atom. The minimum absolute atomic E-state index is 0.367. The molecule has 13 nitrogen and oxygen atoms in total. The van der Waals surface area contributed by atoms with Gasteiger partial charge in [0.2, 0.25) is 11.4 Å². The molecule has 206 valence electrons. The lowest BCUT2D eigenvalue weighted by molar-refractivity contribution is -0.174. The van der Waals surface area contributed by atoms with Gasteiger partial charge in [0.25, 0.3) is 11.8 Å². The molecule has 0 aromatic carbocycles. The summed E-state index contributed by atoms with van der Waals surface area (Å²) in [6.45, 7) is 7.03. The molecule has 0 aliphatic rings. The van der Waals surface area contributed by atoms with Gasteiger partial charge in [-0.3, -0.25) is 24.0 Å². The van der Waals surface area contributed by atoms with E-state index in [1.165, 1.54) is 7.05 Å². The largest absolute Gasteiger partial charge is 0.479 e. The summed E-state index contributed by atoms with van der Waals surface area (Å²) in [7, 11) is 3.40. The number of aliphatic carboxylic acids is 1. The average Bonchev–Trinajstić information content (AvgIpc) is 2.81. The molecule has 36 heavy (non-hydrogen) atoms. The topological polar surface area (TPSA) is 202 Å². The van der Waals surface area contributed by atoms with Gasteiger partial charge in [-0.25, -0.2) is 4.79 Å². The van der Waals surface area contributed by atoms with Crippen LogP contribution >= 0.6 is 0 Å². The second-order valence-electron chi connectivity index (χ2n) is 9.30. The van der Waals surface area contributed by atoms with Crippen LogP contribution in [0.25, 0.3) is 0 Å². The third kappa shape index (κ3) is 6.33. The first-order chi connectivity index (χ1) is 16.3. The zero-order valence-corrected chi connectivity index (χ0v) is 22.2. The average molecular weight is 518 g/mol. The van der Waals surface area contributed by atoms with Crippen molar-refractivity contribution < 1.29 is 49.2 Å². The number of carboxylic acid groups (broad SMARTS) is 1. The number of nitrogens with zero attached hydrogens (tertiary/aromatic N) is 2. The number of carboxylic acids is 1. The van der Waals surface area contributed by atoms with Gasteiger partial charge in [-0.2, -0.15) is 0 Å². The van der Waals surface area contributed by atoms with Gasteiger partial charge in [-0.05, 0) is 40.7 Å². The highest BCUT2D eigenvalue weighted by atomic mass is 16.4. The van der Waals surface area contributed by atoms with Crippen LogP contribution < -0.4 is 5.32 Å². The molecular formula is C23H39N3O10. The molecule has 0 saturated carbocycles. The Labute approximate surface area is 210 Å². The number of carbonyl (C=O) groups excluding carboxylic acids is 5. The van der Waals surface area contributed by atoms with Crippen molar-refractivity contribution in [3.8, 4) is 0 Å². The van der Waals surface area contributed by atoms with E-state index < -0.39 is 70.6 Å². The predicted molar refractivity (Wildman–Crippen MR) is 127 cm³/mol. The summed E-state index contributed by atoms with van der Waals surface area (Å²) < 4.78 is 0. The fourth-order valence-corrected chi connectivity index (χ4v) is 3.80. The van der Waals surface area contributed by atoms with Crippen molar-refractivity contribution in [2.75, 3.05) is 21.1 Å². The van der Waals surface area contributed by atoms with Gasteiger partial charge in [0, 0.05) is 14.1 Å². The van der Waals surface area contributed by atoms with Crippen molar-refractivity contribution in [1.29, 1.82) is 0 Å². The standard InChI is InChI=1S/C23H39N3O10/c1-10-11(2)14(24-7)16(29)15(25(8)18(31)12(3)27)17(30)22(5,26(9)19(32)13(4)28)20(33)23(6,36)21(34)35/h11-15,24,27-28,36H,10H2,1-9H3,(H,34,35)/t11-,12+,13+,14-,15?,22+,23-/m0/s1. The zero-order chi connectivity index (χ0) is 28.9. The fourth-order valence-electron chi connectivity index (χ4n) is 3.80. The second kappa shape index (κ2) is 12.5. The van der Waals surface area contributed by atoms with E-state index >= 15 is 0 Å². The lowest BCUT2D eigenvalue weighted by Crippen LogP contribution is -2.71. The van der Waals surface area contributed by atoms with Crippen LogP contribution in [0, 0.1) is 5.92 Å². The maximum Gasteiger partial charge on any atom is 0.343 e. The summed E-state index contributed by atoms with van der Waals surface area (Å²) in [5.41, 5.74) is -6.03. The Bertz CT molecular complexity index is 885. The summed E-state index contributed by atoms with van der Waals surface area (Å²) in [4.78, 5) is 79.2. The molecule has 1 unspecified atom stereocenters. The molecule has 0 aromatic rings. The molecule has 0 fully saturated rings. The third-order valence-corrected chi connectivity index (χ3v) is 6.58. The quantitative estimate of drug-likeness (QED) is 0.159. The normalized spacial score (nSPS) is 18.9. The fraction of sp³-hybridized carbons (Fsp3) is 0.739. The van der Waals surface area contributed by atoms with Crippen LogP contribution in [0.4, 0.5) is 0 Å². The third-order valence-electron chi connectivity index (χ3n) is 6.58. The maximum absolute atomic E-state index is 14.1. The van der Waals surface area contributed by atoms with Crippen LogP contribution in [0.5, 0.6) is 0 Å². The van der Waals surface area contributed by atoms with E-state index in [0.29, 0.717) is 23.1 Å². The van der Waals surface area contributed by atoms with Gasteiger partial charge in [0.05, 0.1) is 6.04 Å². The molecule has 0 radical (unpaired) electrons. The first-order valence-corrected chi connectivity index (χ1v) is 11.4. The van der Waals surface area contributed by atoms with E-state index in [1.807, 2.05) is 0 Å². The summed E-state index contributed by atoms with van der Waals surface area (Å²) >= 11 is 0. The van der Waals surface area contributed by atoms with Crippen LogP contribution in [0.2, 0.25) is 0 Å². The van der Waals surface area contributed by atoms with E-state index in [9.17, 15) is 49.2 Å². The van der Waals surface area contributed by atoms with Crippen molar-refractivity contribution in [3.05, 3.63) is 0 Å². The van der Waals surface area contributed by atoms with Crippen LogP contribution in [0.1, 0.15) is 48.0 Å². The van der Waals surface area contributed by atoms with Gasteiger partial charge in [-0.15, -0.1) is 0 Å². The van der Waals surface area contributed by atoms with Crippen molar-refractivity contribution in [1.82, 2.24) is 15.1 Å². The smallest absolute Gasteiger partial charge is 0.343 e. The zero-order valence-electron chi connectivity index (χ0n) is 22.2. The molecule has 0 heterocycles. The summed E-state index contributed by atoms with van der Waals surface area (Å²) in [5.74, 6) is -8.63. The molecule has 0 aliphatic heterocycles. The van der Waals surface area contributed by atoms with E-state index in [-0.39, 0.29) is 5.92 Å². The molecular weight excluding hydrogens is 478 g/mol. The number of amides is 2. The molecule has 0 spiro atoms. The summed E-state index contributed by atoms with van der Waals surface area (Å²) in [6, 6.07) is -3.10. The van der Waals surface area contributed by atoms with Crippen LogP contribution in [0.15, 0.2) is 0 Å². The number of hydrogen-bond acceptors (Lipinski definition) is 10. The predicted octanol–water partition coefficient (Wildman–Crippen LogP) is -2.03. The molecule has 7 atom stereocenters. The van der Waals surface area contributed by atoms with Crippen LogP contribution in [0.3, 0.4) is 0 Å². The molecule has 0 rings (SSSR count). The lowest BCUT2D eigenvalue weighted by atomic mass is 9.75. The van der Waals surface area contributed by atoms with Crippen LogP contribution in [-0.2, 0) is 28.8 Å². The van der Waals surface area contributed by atoms with E-state index in [4.69, 9.17) is 0 Å². The Morgan fingerprint density at radius 3 is 1.69 bits per heavy atom. The molecule has 5 N–H and O–H groups in total. The van der Waals surface area contributed by atoms with Gasteiger partial charge >= 0.3 is 5.97 Å². The van der Waals surface area contributed by atoms with Crippen molar-refractivity contribution >= 4 is 35.1 Å². The number of aliphatic hydroxyl groups excluding tert-OH is 2. The number of rotatable bonds is 14. The van der Waals surface area contributed by atoms with Crippen molar-refractivity contribution in [3.63, 3.8) is 0 Å². The summed E-state index contributed by atoms with van der Waals surface area (Å²) in [6.07, 6.45) is -2.94. The number of carbonyl (C=O) groups is 6. The van der Waals surface area contributed by atoms with Crippen molar-refractivity contribution in [2.45, 2.75) is 83.4 Å². The Balaban J connectivity index is 7.32. The molecule has 0 aliphatic carbocycles. The first kappa shape index (κ1) is 33.3. The van der Waals surface area contributed by atoms with Crippen molar-refractivity contribution in [2.24, 2.45) is 5.92 Å². The molecule has 0 saturated heterocycles. The Hall–Kier alpha value is -2.74. The Kier molecular flexibility index (Phi) is 11.5. The highest BCUT2D eigenvalue weighted by Gasteiger charge is 2.60. The highest BCUT2D eigenvalue weighted by Crippen LogP contribution is 2.28. The minimum atomic E-state index is -3.20. The van der Waals surface area contributed by atoms with E-state index in [2.05, 4.69) is 5.32 Å². The molecule has 0 aromatic heterocycles. The van der Waals surface area contributed by atoms with E-state index in [0.717, 1.165) is 34.9 Å². The summed E-state index contributed by atoms with van der Waals surface area (Å²) in [5, 5.41) is 42.3. The second-order valence-corrected chi connectivity index (χ2v) is 9.30. The number of Topliss-reactive ketones (excluding diaryl/α,β-unsaturated/α-hetero) is 3. The maximum atomic E-state index is 14.1. The molecule has 13 heteroatoms. The number of hydrogen-bond donors (Lipinski definition) is 5. The number of likely N-dealkylation sites (N-methyl/N-ethyl adjacent to an activating group) is 3. The molecule has 0 bridgehead atoms. The van der Waals surface area contributed by atoms with Gasteiger partial charge in [0.15, 0.2) is 23.1 Å². The number of ketones is 3. The lowest BCUT2D eigenvalue weighted by Gasteiger charge is -2.43. The van der Waals surface area contributed by atoms with Gasteiger partial charge in [-0.1, -0.05) is 20.3 Å².